The number of halogens is 1. The van der Waals surface area contributed by atoms with Gasteiger partial charge in [-0.15, -0.1) is 12.4 Å². The highest BCUT2D eigenvalue weighted by atomic mass is 35.5. The van der Waals surface area contributed by atoms with Gasteiger partial charge in [-0.05, 0) is 24.1 Å². The van der Waals surface area contributed by atoms with Crippen molar-refractivity contribution in [1.82, 2.24) is 0 Å². The molecule has 1 aromatic rings. The van der Waals surface area contributed by atoms with Crippen molar-refractivity contribution >= 4 is 12.4 Å². The predicted octanol–water partition coefficient (Wildman–Crippen LogP) is 2.62. The Kier molecular flexibility index (Phi) is 6.13. The molecule has 0 spiro atoms. The molecule has 0 amide bonds. The molecule has 0 fully saturated rings. The quantitative estimate of drug-likeness (QED) is 0.838. The summed E-state index contributed by atoms with van der Waals surface area (Å²) in [6.45, 7) is 2.09. The van der Waals surface area contributed by atoms with E-state index in [4.69, 9.17) is 10.5 Å². The molecule has 3 N–H and O–H groups in total. The van der Waals surface area contributed by atoms with E-state index in [-0.39, 0.29) is 24.2 Å². The molecule has 0 saturated carbocycles. The molecule has 86 valence electrons. The van der Waals surface area contributed by atoms with Crippen LogP contribution in [0.4, 0.5) is 0 Å². The lowest BCUT2D eigenvalue weighted by atomic mass is 10.0. The first-order valence-corrected chi connectivity index (χ1v) is 4.81. The molecular formula is C11H18ClNO2. The van der Waals surface area contributed by atoms with Crippen LogP contribution in [0.3, 0.4) is 0 Å². The Hall–Kier alpha value is -0.930. The van der Waals surface area contributed by atoms with Crippen molar-refractivity contribution in [2.75, 3.05) is 7.11 Å². The van der Waals surface area contributed by atoms with Gasteiger partial charge in [0.15, 0.2) is 11.5 Å². The minimum Gasteiger partial charge on any atom is -0.504 e. The van der Waals surface area contributed by atoms with Crippen molar-refractivity contribution < 1.29 is 9.84 Å². The summed E-state index contributed by atoms with van der Waals surface area (Å²) in [6, 6.07) is 5.26. The van der Waals surface area contributed by atoms with Gasteiger partial charge in [0.25, 0.3) is 0 Å². The van der Waals surface area contributed by atoms with Crippen molar-refractivity contribution in [2.45, 2.75) is 25.8 Å². The Morgan fingerprint density at radius 3 is 2.67 bits per heavy atom. The number of phenols is 1. The van der Waals surface area contributed by atoms with Crippen molar-refractivity contribution in [1.29, 1.82) is 0 Å². The molecule has 1 atom stereocenters. The third-order valence-electron chi connectivity index (χ3n) is 2.23. The molecule has 0 heterocycles. The molecular weight excluding hydrogens is 214 g/mol. The maximum absolute atomic E-state index is 9.38. The first-order valence-electron chi connectivity index (χ1n) is 4.81. The SMILES string of the molecule is CCC[C@@H](N)c1ccc(O)c(OC)c1.Cl. The van der Waals surface area contributed by atoms with Gasteiger partial charge >= 0.3 is 0 Å². The summed E-state index contributed by atoms with van der Waals surface area (Å²) >= 11 is 0. The van der Waals surface area contributed by atoms with Gasteiger partial charge in [-0.2, -0.15) is 0 Å². The van der Waals surface area contributed by atoms with E-state index in [1.165, 1.54) is 7.11 Å². The molecule has 0 aromatic heterocycles. The topological polar surface area (TPSA) is 55.5 Å². The van der Waals surface area contributed by atoms with E-state index >= 15 is 0 Å². The van der Waals surface area contributed by atoms with Crippen LogP contribution in [0.2, 0.25) is 0 Å². The number of benzene rings is 1. The van der Waals surface area contributed by atoms with Crippen LogP contribution < -0.4 is 10.5 Å². The molecule has 15 heavy (non-hydrogen) atoms. The van der Waals surface area contributed by atoms with Gasteiger partial charge in [-0.3, -0.25) is 0 Å². The molecule has 0 aliphatic rings. The Morgan fingerprint density at radius 2 is 2.13 bits per heavy atom. The molecule has 0 aliphatic heterocycles. The number of hydrogen-bond donors (Lipinski definition) is 2. The van der Waals surface area contributed by atoms with Crippen LogP contribution in [0, 0.1) is 0 Å². The van der Waals surface area contributed by atoms with Crippen LogP contribution in [-0.2, 0) is 0 Å². The Balaban J connectivity index is 0.00000196. The largest absolute Gasteiger partial charge is 0.504 e. The first kappa shape index (κ1) is 14.1. The van der Waals surface area contributed by atoms with E-state index in [1.807, 2.05) is 6.07 Å². The maximum Gasteiger partial charge on any atom is 0.160 e. The lowest BCUT2D eigenvalue weighted by Gasteiger charge is -2.12. The summed E-state index contributed by atoms with van der Waals surface area (Å²) in [5, 5.41) is 9.38. The Morgan fingerprint density at radius 1 is 1.47 bits per heavy atom. The van der Waals surface area contributed by atoms with Gasteiger partial charge in [0.1, 0.15) is 0 Å². The molecule has 0 radical (unpaired) electrons. The van der Waals surface area contributed by atoms with Gasteiger partial charge in [-0.1, -0.05) is 19.4 Å². The molecule has 3 nitrogen and oxygen atoms in total. The second-order valence-electron chi connectivity index (χ2n) is 3.33. The molecule has 0 unspecified atom stereocenters. The Bertz CT molecular complexity index is 305. The fourth-order valence-corrected chi connectivity index (χ4v) is 1.40. The van der Waals surface area contributed by atoms with Gasteiger partial charge in [0, 0.05) is 6.04 Å². The summed E-state index contributed by atoms with van der Waals surface area (Å²) in [6.07, 6.45) is 1.98. The third-order valence-corrected chi connectivity index (χ3v) is 2.23. The number of phenolic OH excluding ortho intramolecular Hbond substituents is 1. The second kappa shape index (κ2) is 6.53. The summed E-state index contributed by atoms with van der Waals surface area (Å²) in [4.78, 5) is 0. The van der Waals surface area contributed by atoms with Crippen LogP contribution in [-0.4, -0.2) is 12.2 Å². The second-order valence-corrected chi connectivity index (χ2v) is 3.33. The minimum absolute atomic E-state index is 0. The molecule has 0 saturated heterocycles. The number of aromatic hydroxyl groups is 1. The van der Waals surface area contributed by atoms with Crippen LogP contribution in [0.25, 0.3) is 0 Å². The highest BCUT2D eigenvalue weighted by molar-refractivity contribution is 5.85. The fraction of sp³-hybridized carbons (Fsp3) is 0.455. The number of ether oxygens (including phenoxy) is 1. The number of rotatable bonds is 4. The molecule has 0 aliphatic carbocycles. The monoisotopic (exact) mass is 231 g/mol. The zero-order valence-electron chi connectivity index (χ0n) is 9.06. The van der Waals surface area contributed by atoms with Crippen LogP contribution in [0.5, 0.6) is 11.5 Å². The van der Waals surface area contributed by atoms with E-state index in [0.29, 0.717) is 5.75 Å². The van der Waals surface area contributed by atoms with Crippen molar-refractivity contribution in [2.24, 2.45) is 5.73 Å². The predicted molar refractivity (Wildman–Crippen MR) is 63.7 cm³/mol. The average Bonchev–Trinajstić information content (AvgIpc) is 2.19. The summed E-state index contributed by atoms with van der Waals surface area (Å²) in [7, 11) is 1.53. The smallest absolute Gasteiger partial charge is 0.160 e. The van der Waals surface area contributed by atoms with Gasteiger partial charge in [-0.25, -0.2) is 0 Å². The van der Waals surface area contributed by atoms with Gasteiger partial charge in [0.2, 0.25) is 0 Å². The van der Waals surface area contributed by atoms with Crippen molar-refractivity contribution in [3.63, 3.8) is 0 Å². The summed E-state index contributed by atoms with van der Waals surface area (Å²) in [5.41, 5.74) is 6.94. The summed E-state index contributed by atoms with van der Waals surface area (Å²) in [5.74, 6) is 0.633. The van der Waals surface area contributed by atoms with E-state index in [0.717, 1.165) is 18.4 Å². The first-order chi connectivity index (χ1) is 6.69. The minimum atomic E-state index is 0. The maximum atomic E-state index is 9.38. The Labute approximate surface area is 96.7 Å². The van der Waals surface area contributed by atoms with E-state index in [1.54, 1.807) is 12.1 Å². The highest BCUT2D eigenvalue weighted by Crippen LogP contribution is 2.29. The highest BCUT2D eigenvalue weighted by Gasteiger charge is 2.08. The van der Waals surface area contributed by atoms with E-state index < -0.39 is 0 Å². The molecule has 1 rings (SSSR count). The van der Waals surface area contributed by atoms with Crippen molar-refractivity contribution in [3.8, 4) is 11.5 Å². The van der Waals surface area contributed by atoms with E-state index in [2.05, 4.69) is 6.92 Å². The van der Waals surface area contributed by atoms with Crippen LogP contribution in [0.15, 0.2) is 18.2 Å². The van der Waals surface area contributed by atoms with Crippen LogP contribution in [0.1, 0.15) is 31.4 Å². The van der Waals surface area contributed by atoms with Crippen molar-refractivity contribution in [3.05, 3.63) is 23.8 Å². The average molecular weight is 232 g/mol. The number of nitrogens with two attached hydrogens (primary N) is 1. The normalized spacial score (nSPS) is 11.7. The molecule has 1 aromatic carbocycles. The molecule has 4 heteroatoms. The lowest BCUT2D eigenvalue weighted by molar-refractivity contribution is 0.372. The standard InChI is InChI=1S/C11H17NO2.ClH/c1-3-4-9(12)8-5-6-10(13)11(7-8)14-2;/h5-7,9,13H,3-4,12H2,1-2H3;1H/t9-;/m1./s1. The van der Waals surface area contributed by atoms with Crippen LogP contribution >= 0.6 is 12.4 Å². The zero-order chi connectivity index (χ0) is 10.6. The van der Waals surface area contributed by atoms with E-state index in [9.17, 15) is 5.11 Å². The fourth-order valence-electron chi connectivity index (χ4n) is 1.40. The number of methoxy groups -OCH3 is 1. The van der Waals surface area contributed by atoms with Gasteiger partial charge in [0.05, 0.1) is 7.11 Å². The molecule has 0 bridgehead atoms. The zero-order valence-corrected chi connectivity index (χ0v) is 9.88. The summed E-state index contributed by atoms with van der Waals surface area (Å²) < 4.78 is 5.01. The third kappa shape index (κ3) is 3.61. The number of hydrogen-bond acceptors (Lipinski definition) is 3. The lowest BCUT2D eigenvalue weighted by Crippen LogP contribution is -2.09. The van der Waals surface area contributed by atoms with Gasteiger partial charge < -0.3 is 15.6 Å².